The van der Waals surface area contributed by atoms with Crippen molar-refractivity contribution in [1.29, 1.82) is 0 Å². The number of hydrogen-bond donors (Lipinski definition) is 3. The van der Waals surface area contributed by atoms with Gasteiger partial charge in [-0.2, -0.15) is 13.2 Å². The topological polar surface area (TPSA) is 160 Å². The first kappa shape index (κ1) is 44.1. The number of aromatic nitrogens is 4. The minimum atomic E-state index is -4.85. The first-order chi connectivity index (χ1) is 32.0. The molecule has 15 nitrogen and oxygen atoms in total. The van der Waals surface area contributed by atoms with Gasteiger partial charge >= 0.3 is 12.2 Å². The molecule has 1 saturated carbocycles. The number of carbonyl (C=O) groups excluding carboxylic acids is 4. The molecule has 1 spiro atoms. The molecule has 21 heteroatoms. The van der Waals surface area contributed by atoms with E-state index in [0.29, 0.717) is 42.4 Å². The lowest BCUT2D eigenvalue weighted by Crippen LogP contribution is -2.59. The van der Waals surface area contributed by atoms with E-state index in [1.807, 2.05) is 41.7 Å². The van der Waals surface area contributed by atoms with Crippen LogP contribution in [-0.4, -0.2) is 118 Å². The Labute approximate surface area is 379 Å². The summed E-state index contributed by atoms with van der Waals surface area (Å²) in [7, 11) is 1.75. The largest absolute Gasteiger partial charge is 0.418 e. The summed E-state index contributed by atoms with van der Waals surface area (Å²) in [5.74, 6) is -4.24. The molecular formula is C46H45F6N11O4. The lowest BCUT2D eigenvalue weighted by Gasteiger charge is -2.51. The van der Waals surface area contributed by atoms with E-state index in [1.54, 1.807) is 18.1 Å². The predicted octanol–water partition coefficient (Wildman–Crippen LogP) is 6.60. The van der Waals surface area contributed by atoms with E-state index in [2.05, 4.69) is 20.5 Å². The van der Waals surface area contributed by atoms with Gasteiger partial charge in [0.1, 0.15) is 6.17 Å². The Hall–Kier alpha value is -6.77. The van der Waals surface area contributed by atoms with Crippen molar-refractivity contribution in [2.75, 3.05) is 61.4 Å². The average molecular weight is 930 g/mol. The molecule has 1 aliphatic carbocycles. The second-order valence-electron chi connectivity index (χ2n) is 17.9. The molecule has 5 amide bonds. The van der Waals surface area contributed by atoms with Gasteiger partial charge in [-0.1, -0.05) is 18.2 Å². The summed E-state index contributed by atoms with van der Waals surface area (Å²) in [5, 5.41) is 12.6. The molecule has 0 radical (unpaired) electrons. The van der Waals surface area contributed by atoms with Crippen LogP contribution in [0.3, 0.4) is 0 Å². The van der Waals surface area contributed by atoms with Gasteiger partial charge in [-0.15, -0.1) is 5.10 Å². The molecule has 67 heavy (non-hydrogen) atoms. The number of imidazole rings is 1. The van der Waals surface area contributed by atoms with Crippen molar-refractivity contribution in [3.05, 3.63) is 94.9 Å². The second kappa shape index (κ2) is 16.5. The van der Waals surface area contributed by atoms with Gasteiger partial charge < -0.3 is 20.4 Å². The lowest BCUT2D eigenvalue weighted by atomic mass is 9.68. The number of imide groups is 1. The summed E-state index contributed by atoms with van der Waals surface area (Å²) in [6, 6.07) is 12.7. The number of anilines is 4. The quantitative estimate of drug-likeness (QED) is 0.138. The average Bonchev–Trinajstić information content (AvgIpc) is 3.61. The molecule has 0 bridgehead atoms. The van der Waals surface area contributed by atoms with E-state index < -0.39 is 71.3 Å². The molecule has 10 rings (SSSR count). The number of carbonyl (C=O) groups is 4. The van der Waals surface area contributed by atoms with Crippen LogP contribution in [-0.2, 0) is 23.9 Å². The Morgan fingerprint density at radius 1 is 0.896 bits per heavy atom. The highest BCUT2D eigenvalue weighted by Gasteiger charge is 2.57. The molecule has 1 unspecified atom stereocenters. The van der Waals surface area contributed by atoms with Gasteiger partial charge in [-0.05, 0) is 73.7 Å². The van der Waals surface area contributed by atoms with Gasteiger partial charge in [-0.3, -0.25) is 34.5 Å². The maximum Gasteiger partial charge on any atom is 0.418 e. The van der Waals surface area contributed by atoms with Crippen molar-refractivity contribution < 1.29 is 45.5 Å². The zero-order valence-corrected chi connectivity index (χ0v) is 36.2. The zero-order chi connectivity index (χ0) is 47.0. The van der Waals surface area contributed by atoms with Crippen LogP contribution in [0.5, 0.6) is 0 Å². The van der Waals surface area contributed by atoms with Gasteiger partial charge in [-0.25, -0.2) is 27.5 Å². The fourth-order valence-corrected chi connectivity index (χ4v) is 9.91. The summed E-state index contributed by atoms with van der Waals surface area (Å²) >= 11 is 0. The van der Waals surface area contributed by atoms with Gasteiger partial charge in [0.05, 0.1) is 41.4 Å². The number of halogens is 6. The number of likely N-dealkylation sites (tertiary alicyclic amines) is 2. The van der Waals surface area contributed by atoms with Gasteiger partial charge in [0.25, 0.3) is 17.7 Å². The van der Waals surface area contributed by atoms with E-state index in [-0.39, 0.29) is 69.5 Å². The smallest absolute Gasteiger partial charge is 0.385 e. The Kier molecular flexibility index (Phi) is 10.9. The minimum absolute atomic E-state index is 0.00418. The van der Waals surface area contributed by atoms with Gasteiger partial charge in [0.15, 0.2) is 17.2 Å². The molecule has 350 valence electrons. The van der Waals surface area contributed by atoms with Gasteiger partial charge in [0.2, 0.25) is 5.91 Å². The fourth-order valence-electron chi connectivity index (χ4n) is 9.91. The molecule has 4 aliphatic heterocycles. The van der Waals surface area contributed by atoms with E-state index in [1.165, 1.54) is 15.6 Å². The third kappa shape index (κ3) is 8.05. The van der Waals surface area contributed by atoms with Crippen molar-refractivity contribution >= 4 is 52.3 Å². The number of piperidine rings is 2. The maximum atomic E-state index is 16.2. The van der Waals surface area contributed by atoms with Crippen LogP contribution in [0.1, 0.15) is 69.6 Å². The number of nitrogens with one attached hydrogen (secondary N) is 3. The fraction of sp³-hybridized carbons (Fsp3) is 0.413. The van der Waals surface area contributed by atoms with Gasteiger partial charge in [0, 0.05) is 87.1 Å². The lowest BCUT2D eigenvalue weighted by molar-refractivity contribution is -0.186. The first-order valence-corrected chi connectivity index (χ1v) is 22.1. The number of fused-ring (bicyclic) bond motifs is 2. The maximum absolute atomic E-state index is 16.2. The second-order valence-corrected chi connectivity index (χ2v) is 17.9. The SMILES string of the molecule is CNc1cc(N2CCc3c(-c4ccc(CN5CCC6(CCN(C(=O)c7ccc(C(F)(F)F)c(N8CCC(=O)NC8=O)c7)CC6)C(F)(F)C5)cn4)cccc32)nn2c(C(=O)NC3C[C@@H]3F)cnc12. The van der Waals surface area contributed by atoms with Crippen molar-refractivity contribution in [2.45, 2.75) is 69.4 Å². The van der Waals surface area contributed by atoms with Crippen LogP contribution in [0.15, 0.2) is 67.0 Å². The number of rotatable bonds is 9. The molecule has 2 aromatic carbocycles. The number of pyridine rings is 1. The van der Waals surface area contributed by atoms with Crippen LogP contribution < -0.4 is 25.8 Å². The summed E-state index contributed by atoms with van der Waals surface area (Å²) in [5.41, 5.74) is 2.45. The highest BCUT2D eigenvalue weighted by molar-refractivity contribution is 6.07. The zero-order valence-electron chi connectivity index (χ0n) is 36.2. The summed E-state index contributed by atoms with van der Waals surface area (Å²) in [6.07, 6.45) is -1.86. The Bertz CT molecular complexity index is 2810. The monoisotopic (exact) mass is 929 g/mol. The van der Waals surface area contributed by atoms with Crippen LogP contribution in [0.25, 0.3) is 16.9 Å². The minimum Gasteiger partial charge on any atom is -0.385 e. The molecule has 2 atom stereocenters. The van der Waals surface area contributed by atoms with Crippen molar-refractivity contribution in [1.82, 2.24) is 40.0 Å². The van der Waals surface area contributed by atoms with Crippen LogP contribution >= 0.6 is 0 Å². The molecular weight excluding hydrogens is 885 g/mol. The number of alkyl halides is 6. The number of hydrogen-bond acceptors (Lipinski definition) is 10. The Morgan fingerprint density at radius 3 is 2.34 bits per heavy atom. The third-order valence-electron chi connectivity index (χ3n) is 13.8. The highest BCUT2D eigenvalue weighted by Crippen LogP contribution is 2.51. The molecule has 5 aromatic rings. The van der Waals surface area contributed by atoms with Crippen molar-refractivity contribution in [3.63, 3.8) is 0 Å². The van der Waals surface area contributed by atoms with Crippen LogP contribution in [0.4, 0.5) is 54.0 Å². The van der Waals surface area contributed by atoms with Crippen LogP contribution in [0, 0.1) is 5.41 Å². The van der Waals surface area contributed by atoms with E-state index >= 15 is 8.78 Å². The summed E-state index contributed by atoms with van der Waals surface area (Å²) in [6.45, 7) is 0.384. The molecule has 3 aromatic heterocycles. The first-order valence-electron chi connectivity index (χ1n) is 22.1. The standard InChI is InChI=1S/C46H45F6N11O4/c1-53-34-21-38(58-63-37(23-55-40(34)63)41(65)56-33-20-31(33)47)61-14-9-29-28(3-2-4-35(29)61)32-8-5-26(22-54-32)24-59-16-11-44(45(48,49)25-59)12-17-60(18-13-44)42(66)27-6-7-30(46(50,51)52)36(19-27)62-15-10-39(64)57-43(62)67/h2-8,19,21-23,31,33,53H,9-18,20,24-25H2,1H3,(H,56,65)(H,57,64,67)/t31-,33?/m0/s1. The molecule has 4 fully saturated rings. The number of urea groups is 1. The van der Waals surface area contributed by atoms with Crippen molar-refractivity contribution in [3.8, 4) is 11.3 Å². The molecule has 3 N–H and O–H groups in total. The van der Waals surface area contributed by atoms with E-state index in [4.69, 9.17) is 10.1 Å². The summed E-state index contributed by atoms with van der Waals surface area (Å²) < 4.78 is 89.4. The molecule has 7 heterocycles. The molecule has 5 aliphatic rings. The van der Waals surface area contributed by atoms with E-state index in [0.717, 1.165) is 45.5 Å². The van der Waals surface area contributed by atoms with Crippen molar-refractivity contribution in [2.24, 2.45) is 5.41 Å². The Morgan fingerprint density at radius 2 is 1.66 bits per heavy atom. The normalized spacial score (nSPS) is 21.4. The third-order valence-corrected chi connectivity index (χ3v) is 13.8. The number of nitrogens with zero attached hydrogens (tertiary/aromatic N) is 8. The highest BCUT2D eigenvalue weighted by atomic mass is 19.4. The number of amides is 5. The Balaban J connectivity index is 0.787. The molecule has 3 saturated heterocycles. The summed E-state index contributed by atoms with van der Waals surface area (Å²) in [4.78, 5) is 65.8. The van der Waals surface area contributed by atoms with E-state index in [9.17, 15) is 36.7 Å². The predicted molar refractivity (Wildman–Crippen MR) is 233 cm³/mol. The number of benzene rings is 2. The van der Waals surface area contributed by atoms with Crippen LogP contribution in [0.2, 0.25) is 0 Å².